The largest absolute Gasteiger partial charge is 0.504 e. The summed E-state index contributed by atoms with van der Waals surface area (Å²) in [4.78, 5) is 12.7. The number of hydrazone groups is 1. The fourth-order valence-electron chi connectivity index (χ4n) is 3.16. The van der Waals surface area contributed by atoms with E-state index in [0.29, 0.717) is 35.8 Å². The number of hydrogen-bond acceptors (Lipinski definition) is 6. The molecule has 10 heteroatoms. The van der Waals surface area contributed by atoms with Crippen LogP contribution in [0.15, 0.2) is 52.5 Å². The highest BCUT2D eigenvalue weighted by Gasteiger charge is 2.39. The quantitative estimate of drug-likeness (QED) is 0.497. The second-order valence-corrected chi connectivity index (χ2v) is 8.95. The number of sulfonamides is 1. The Bertz CT molecular complexity index is 1040. The van der Waals surface area contributed by atoms with Gasteiger partial charge in [-0.15, -0.1) is 0 Å². The van der Waals surface area contributed by atoms with Gasteiger partial charge in [0.15, 0.2) is 11.5 Å². The molecule has 3 rings (SSSR count). The average molecular weight is 452 g/mol. The summed E-state index contributed by atoms with van der Waals surface area (Å²) in [6.45, 7) is 2.44. The number of carbonyl (C=O) groups is 1. The number of ether oxygens (including phenoxy) is 1. The van der Waals surface area contributed by atoms with E-state index in [9.17, 15) is 18.3 Å². The molecule has 0 spiro atoms. The molecular weight excluding hydrogens is 430 g/mol. The summed E-state index contributed by atoms with van der Waals surface area (Å²) in [7, 11) is -3.83. The molecule has 2 N–H and O–H groups in total. The molecule has 1 aliphatic heterocycles. The van der Waals surface area contributed by atoms with Crippen LogP contribution in [0.2, 0.25) is 5.02 Å². The summed E-state index contributed by atoms with van der Waals surface area (Å²) < 4.78 is 32.3. The van der Waals surface area contributed by atoms with Crippen LogP contribution in [0.5, 0.6) is 11.5 Å². The summed E-state index contributed by atoms with van der Waals surface area (Å²) >= 11 is 5.83. The lowest BCUT2D eigenvalue weighted by molar-refractivity contribution is -0.124. The van der Waals surface area contributed by atoms with Crippen molar-refractivity contribution in [3.05, 3.63) is 53.1 Å². The van der Waals surface area contributed by atoms with Crippen molar-refractivity contribution in [1.29, 1.82) is 0 Å². The molecule has 0 unspecified atom stereocenters. The van der Waals surface area contributed by atoms with Crippen molar-refractivity contribution in [2.45, 2.75) is 30.7 Å². The molecule has 8 nitrogen and oxygen atoms in total. The number of phenolic OH excluding ortho intramolecular Hbond substituents is 1. The summed E-state index contributed by atoms with van der Waals surface area (Å²) in [5, 5.41) is 14.1. The highest BCUT2D eigenvalue weighted by molar-refractivity contribution is 7.89. The molecule has 0 aromatic heterocycles. The zero-order valence-electron chi connectivity index (χ0n) is 16.3. The third-order valence-corrected chi connectivity index (χ3v) is 6.77. The summed E-state index contributed by atoms with van der Waals surface area (Å²) in [6, 6.07) is 9.65. The summed E-state index contributed by atoms with van der Waals surface area (Å²) in [5.74, 6) is -0.194. The van der Waals surface area contributed by atoms with Gasteiger partial charge >= 0.3 is 0 Å². The predicted octanol–water partition coefficient (Wildman–Crippen LogP) is 2.75. The van der Waals surface area contributed by atoms with Crippen molar-refractivity contribution in [3.63, 3.8) is 0 Å². The molecule has 2 aromatic carbocycles. The molecule has 0 saturated carbocycles. The summed E-state index contributed by atoms with van der Waals surface area (Å²) in [5.41, 5.74) is 3.01. The third kappa shape index (κ3) is 4.92. The number of rotatable bonds is 7. The minimum absolute atomic E-state index is 0.00652. The van der Waals surface area contributed by atoms with E-state index in [1.807, 2.05) is 0 Å². The highest BCUT2D eigenvalue weighted by Crippen LogP contribution is 2.27. The van der Waals surface area contributed by atoms with Crippen LogP contribution in [0.3, 0.4) is 0 Å². The molecule has 1 aliphatic rings. The Hall–Kier alpha value is -2.62. The number of halogens is 1. The average Bonchev–Trinajstić information content (AvgIpc) is 3.22. The molecule has 160 valence electrons. The van der Waals surface area contributed by atoms with Gasteiger partial charge in [-0.3, -0.25) is 4.79 Å². The summed E-state index contributed by atoms with van der Waals surface area (Å²) in [6.07, 6.45) is 2.37. The molecule has 0 radical (unpaired) electrons. The first-order valence-corrected chi connectivity index (χ1v) is 11.2. The smallest absolute Gasteiger partial charge is 0.258 e. The van der Waals surface area contributed by atoms with Crippen LogP contribution in [-0.2, 0) is 14.8 Å². The van der Waals surface area contributed by atoms with Gasteiger partial charge < -0.3 is 9.84 Å². The van der Waals surface area contributed by atoms with E-state index >= 15 is 0 Å². The number of aromatic hydroxyl groups is 1. The first-order valence-electron chi connectivity index (χ1n) is 9.39. The van der Waals surface area contributed by atoms with Crippen molar-refractivity contribution in [2.75, 3.05) is 13.2 Å². The molecule has 1 amide bonds. The minimum Gasteiger partial charge on any atom is -0.504 e. The molecule has 1 saturated heterocycles. The molecule has 0 bridgehead atoms. The van der Waals surface area contributed by atoms with Gasteiger partial charge in [0.05, 0.1) is 17.7 Å². The fraction of sp³-hybridized carbons (Fsp3) is 0.300. The van der Waals surface area contributed by atoms with Gasteiger partial charge in [-0.1, -0.05) is 11.6 Å². The second kappa shape index (κ2) is 9.46. The van der Waals surface area contributed by atoms with Gasteiger partial charge in [-0.2, -0.15) is 9.41 Å². The van der Waals surface area contributed by atoms with Crippen molar-refractivity contribution in [3.8, 4) is 11.5 Å². The Kier molecular flexibility index (Phi) is 6.96. The van der Waals surface area contributed by atoms with Crippen molar-refractivity contribution >= 4 is 33.7 Å². The molecule has 1 fully saturated rings. The number of carbonyl (C=O) groups excluding carboxylic acids is 1. The standard InChI is InChI=1S/C20H22ClN3O5S/c1-2-29-19-12-14(5-10-18(19)25)13-22-23-20(26)17-4-3-11-24(17)30(27,28)16-8-6-15(21)7-9-16/h5-10,12-13,17,25H,2-4,11H2,1H3,(H,23,26)/t17-/m0/s1. The number of phenols is 1. The van der Waals surface area contributed by atoms with E-state index in [1.54, 1.807) is 19.1 Å². The van der Waals surface area contributed by atoms with Gasteiger partial charge in [0.2, 0.25) is 10.0 Å². The van der Waals surface area contributed by atoms with Crippen LogP contribution in [0.1, 0.15) is 25.3 Å². The van der Waals surface area contributed by atoms with Crippen molar-refractivity contribution in [2.24, 2.45) is 5.10 Å². The topological polar surface area (TPSA) is 108 Å². The lowest BCUT2D eigenvalue weighted by atomic mass is 10.2. The maximum Gasteiger partial charge on any atom is 0.258 e. The number of nitrogens with zero attached hydrogens (tertiary/aromatic N) is 2. The van der Waals surface area contributed by atoms with E-state index in [4.69, 9.17) is 16.3 Å². The lowest BCUT2D eigenvalue weighted by Gasteiger charge is -2.22. The van der Waals surface area contributed by atoms with E-state index in [0.717, 1.165) is 0 Å². The zero-order chi connectivity index (χ0) is 21.7. The first-order chi connectivity index (χ1) is 14.3. The maximum atomic E-state index is 12.9. The van der Waals surface area contributed by atoms with Gasteiger partial charge in [0.25, 0.3) is 5.91 Å². The molecule has 2 aromatic rings. The molecular formula is C20H22ClN3O5S. The Morgan fingerprint density at radius 3 is 2.77 bits per heavy atom. The monoisotopic (exact) mass is 451 g/mol. The fourth-order valence-corrected chi connectivity index (χ4v) is 4.94. The Morgan fingerprint density at radius 1 is 1.33 bits per heavy atom. The van der Waals surface area contributed by atoms with Crippen LogP contribution < -0.4 is 10.2 Å². The molecule has 0 aliphatic carbocycles. The highest BCUT2D eigenvalue weighted by atomic mass is 35.5. The minimum atomic E-state index is -3.83. The number of benzene rings is 2. The van der Waals surface area contributed by atoms with Gasteiger partial charge in [-0.05, 0) is 67.8 Å². The molecule has 30 heavy (non-hydrogen) atoms. The van der Waals surface area contributed by atoms with Gasteiger partial charge in [0, 0.05) is 11.6 Å². The van der Waals surface area contributed by atoms with Gasteiger partial charge in [-0.25, -0.2) is 13.8 Å². The number of nitrogens with one attached hydrogen (secondary N) is 1. The van der Waals surface area contributed by atoms with Crippen LogP contribution in [0, 0.1) is 0 Å². The first kappa shape index (κ1) is 22.1. The van der Waals surface area contributed by atoms with Crippen LogP contribution in [-0.4, -0.2) is 49.1 Å². The number of amides is 1. The normalized spacial score (nSPS) is 17.3. The van der Waals surface area contributed by atoms with E-state index < -0.39 is 22.0 Å². The Labute approximate surface area is 180 Å². The van der Waals surface area contributed by atoms with Crippen LogP contribution in [0.4, 0.5) is 0 Å². The van der Waals surface area contributed by atoms with Gasteiger partial charge in [0.1, 0.15) is 6.04 Å². The van der Waals surface area contributed by atoms with E-state index in [-0.39, 0.29) is 17.2 Å². The van der Waals surface area contributed by atoms with E-state index in [1.165, 1.54) is 40.9 Å². The second-order valence-electron chi connectivity index (χ2n) is 6.62. The van der Waals surface area contributed by atoms with Crippen LogP contribution in [0.25, 0.3) is 0 Å². The van der Waals surface area contributed by atoms with Crippen molar-refractivity contribution in [1.82, 2.24) is 9.73 Å². The predicted molar refractivity (Wildman–Crippen MR) is 113 cm³/mol. The molecule has 1 atom stereocenters. The van der Waals surface area contributed by atoms with E-state index in [2.05, 4.69) is 10.5 Å². The Balaban J connectivity index is 1.69. The number of hydrogen-bond donors (Lipinski definition) is 2. The zero-order valence-corrected chi connectivity index (χ0v) is 17.9. The SMILES string of the molecule is CCOc1cc(C=NNC(=O)[C@@H]2CCCN2S(=O)(=O)c2ccc(Cl)cc2)ccc1O. The Morgan fingerprint density at radius 2 is 2.07 bits per heavy atom. The molecule has 1 heterocycles. The maximum absolute atomic E-state index is 12.9. The third-order valence-electron chi connectivity index (χ3n) is 4.60. The van der Waals surface area contributed by atoms with Crippen LogP contribution >= 0.6 is 11.6 Å². The van der Waals surface area contributed by atoms with Crippen molar-refractivity contribution < 1.29 is 23.1 Å². The lowest BCUT2D eigenvalue weighted by Crippen LogP contribution is -2.44.